The Morgan fingerprint density at radius 1 is 1.60 bits per heavy atom. The van der Waals surface area contributed by atoms with E-state index < -0.39 is 22.4 Å². The van der Waals surface area contributed by atoms with Crippen molar-refractivity contribution in [1.82, 2.24) is 0 Å². The number of rotatable bonds is 3. The summed E-state index contributed by atoms with van der Waals surface area (Å²) in [5.74, 6) is -1.48. The third kappa shape index (κ3) is 2.73. The highest BCUT2D eigenvalue weighted by Crippen LogP contribution is 2.18. The number of nitro groups is 1. The lowest BCUT2D eigenvalue weighted by Gasteiger charge is -2.00. The van der Waals surface area contributed by atoms with Gasteiger partial charge in [0.25, 0.3) is 0 Å². The van der Waals surface area contributed by atoms with Crippen LogP contribution in [-0.2, 0) is 16.0 Å². The second kappa shape index (κ2) is 4.50. The Hall–Kier alpha value is -1.98. The van der Waals surface area contributed by atoms with Crippen molar-refractivity contribution in [1.29, 1.82) is 0 Å². The second-order valence-electron chi connectivity index (χ2n) is 2.80. The number of esters is 1. The summed E-state index contributed by atoms with van der Waals surface area (Å²) in [6, 6.07) is 3.29. The Kier molecular flexibility index (Phi) is 3.33. The van der Waals surface area contributed by atoms with Crippen LogP contribution in [0.5, 0.6) is 0 Å². The van der Waals surface area contributed by atoms with E-state index in [2.05, 4.69) is 4.74 Å². The van der Waals surface area contributed by atoms with Crippen LogP contribution >= 0.6 is 0 Å². The lowest BCUT2D eigenvalue weighted by molar-refractivity contribution is -0.387. The van der Waals surface area contributed by atoms with Crippen LogP contribution in [0.25, 0.3) is 0 Å². The summed E-state index contributed by atoms with van der Waals surface area (Å²) in [5, 5.41) is 10.3. The molecule has 0 amide bonds. The standard InChI is InChI=1S/C9H8FNO4/c1-15-9(12)5-6-2-3-8(11(13)14)7(10)4-6/h2-4H,5H2,1H3. The maximum absolute atomic E-state index is 13.1. The Labute approximate surface area is 84.6 Å². The molecule has 0 unspecified atom stereocenters. The van der Waals surface area contributed by atoms with Crippen LogP contribution in [0.4, 0.5) is 10.1 Å². The van der Waals surface area contributed by atoms with E-state index in [-0.39, 0.29) is 6.42 Å². The molecule has 0 fully saturated rings. The first kappa shape index (κ1) is 11.1. The summed E-state index contributed by atoms with van der Waals surface area (Å²) in [6.07, 6.45) is -0.106. The van der Waals surface area contributed by atoms with Crippen LogP contribution in [-0.4, -0.2) is 18.0 Å². The van der Waals surface area contributed by atoms with Gasteiger partial charge in [0.15, 0.2) is 0 Å². The number of nitrogens with zero attached hydrogens (tertiary/aromatic N) is 1. The van der Waals surface area contributed by atoms with Gasteiger partial charge in [-0.25, -0.2) is 0 Å². The van der Waals surface area contributed by atoms with Gasteiger partial charge in [-0.15, -0.1) is 0 Å². The van der Waals surface area contributed by atoms with Crippen LogP contribution in [0.15, 0.2) is 18.2 Å². The van der Waals surface area contributed by atoms with Crippen molar-refractivity contribution in [3.05, 3.63) is 39.7 Å². The molecule has 5 nitrogen and oxygen atoms in total. The third-order valence-corrected chi connectivity index (χ3v) is 1.78. The number of carbonyl (C=O) groups excluding carboxylic acids is 1. The molecule has 0 saturated carbocycles. The number of carbonyl (C=O) groups is 1. The van der Waals surface area contributed by atoms with Crippen LogP contribution < -0.4 is 0 Å². The van der Waals surface area contributed by atoms with Gasteiger partial charge in [-0.1, -0.05) is 6.07 Å². The van der Waals surface area contributed by atoms with Crippen molar-refractivity contribution >= 4 is 11.7 Å². The van der Waals surface area contributed by atoms with Gasteiger partial charge in [0.05, 0.1) is 18.5 Å². The fourth-order valence-corrected chi connectivity index (χ4v) is 1.05. The Morgan fingerprint density at radius 3 is 2.73 bits per heavy atom. The molecule has 0 aliphatic carbocycles. The molecule has 1 aromatic carbocycles. The van der Waals surface area contributed by atoms with Gasteiger partial charge >= 0.3 is 11.7 Å². The molecular weight excluding hydrogens is 205 g/mol. The highest BCUT2D eigenvalue weighted by Gasteiger charge is 2.14. The van der Waals surface area contributed by atoms with E-state index in [4.69, 9.17) is 0 Å². The second-order valence-corrected chi connectivity index (χ2v) is 2.80. The minimum Gasteiger partial charge on any atom is -0.469 e. The number of nitro benzene ring substituents is 1. The molecular formula is C9H8FNO4. The lowest BCUT2D eigenvalue weighted by atomic mass is 10.1. The number of benzene rings is 1. The Morgan fingerprint density at radius 2 is 2.27 bits per heavy atom. The normalized spacial score (nSPS) is 9.73. The largest absolute Gasteiger partial charge is 0.469 e. The first-order chi connectivity index (χ1) is 7.04. The highest BCUT2D eigenvalue weighted by molar-refractivity contribution is 5.72. The fourth-order valence-electron chi connectivity index (χ4n) is 1.05. The number of hydrogen-bond donors (Lipinski definition) is 0. The van der Waals surface area contributed by atoms with Gasteiger partial charge in [0.1, 0.15) is 0 Å². The van der Waals surface area contributed by atoms with Crippen molar-refractivity contribution in [2.75, 3.05) is 7.11 Å². The maximum atomic E-state index is 13.1. The third-order valence-electron chi connectivity index (χ3n) is 1.78. The highest BCUT2D eigenvalue weighted by atomic mass is 19.1. The van der Waals surface area contributed by atoms with Crippen LogP contribution in [0, 0.1) is 15.9 Å². The quantitative estimate of drug-likeness (QED) is 0.433. The Bertz CT molecular complexity index is 405. The monoisotopic (exact) mass is 213 g/mol. The summed E-state index contributed by atoms with van der Waals surface area (Å²) >= 11 is 0. The molecule has 0 radical (unpaired) electrons. The van der Waals surface area contributed by atoms with Gasteiger partial charge in [-0.2, -0.15) is 4.39 Å². The van der Waals surface area contributed by atoms with Crippen LogP contribution in [0.1, 0.15) is 5.56 Å². The molecule has 0 heterocycles. The zero-order chi connectivity index (χ0) is 11.4. The SMILES string of the molecule is COC(=O)Cc1ccc([N+](=O)[O-])c(F)c1. The Balaban J connectivity index is 2.91. The fraction of sp³-hybridized carbons (Fsp3) is 0.222. The molecule has 0 aliphatic rings. The first-order valence-corrected chi connectivity index (χ1v) is 4.04. The number of methoxy groups -OCH3 is 1. The van der Waals surface area contributed by atoms with Gasteiger partial charge in [0, 0.05) is 6.07 Å². The van der Waals surface area contributed by atoms with Crippen LogP contribution in [0.3, 0.4) is 0 Å². The minimum absolute atomic E-state index is 0.106. The van der Waals surface area contributed by atoms with Crippen molar-refractivity contribution in [2.24, 2.45) is 0 Å². The van der Waals surface area contributed by atoms with Gasteiger partial charge in [-0.3, -0.25) is 14.9 Å². The summed E-state index contributed by atoms with van der Waals surface area (Å²) in [6.45, 7) is 0. The van der Waals surface area contributed by atoms with E-state index in [1.807, 2.05) is 0 Å². The molecule has 6 heteroatoms. The van der Waals surface area contributed by atoms with Crippen LogP contribution in [0.2, 0.25) is 0 Å². The van der Waals surface area contributed by atoms with E-state index in [0.29, 0.717) is 5.56 Å². The summed E-state index contributed by atoms with van der Waals surface area (Å²) in [4.78, 5) is 20.3. The first-order valence-electron chi connectivity index (χ1n) is 4.04. The van der Waals surface area contributed by atoms with Crippen molar-refractivity contribution in [3.8, 4) is 0 Å². The van der Waals surface area contributed by atoms with E-state index in [9.17, 15) is 19.3 Å². The number of halogens is 1. The van der Waals surface area contributed by atoms with E-state index in [1.54, 1.807) is 0 Å². The molecule has 0 aromatic heterocycles. The average Bonchev–Trinajstić information content (AvgIpc) is 2.17. The minimum atomic E-state index is -0.957. The van der Waals surface area contributed by atoms with Gasteiger partial charge < -0.3 is 4.74 Å². The number of hydrogen-bond acceptors (Lipinski definition) is 4. The summed E-state index contributed by atoms with van der Waals surface area (Å²) in [5.41, 5.74) is -0.270. The smallest absolute Gasteiger partial charge is 0.309 e. The molecule has 0 bridgehead atoms. The van der Waals surface area contributed by atoms with Crippen molar-refractivity contribution < 1.29 is 18.8 Å². The molecule has 0 aliphatic heterocycles. The predicted molar refractivity (Wildman–Crippen MR) is 48.8 cm³/mol. The average molecular weight is 213 g/mol. The molecule has 1 aromatic rings. The predicted octanol–water partition coefficient (Wildman–Crippen LogP) is 1.45. The maximum Gasteiger partial charge on any atom is 0.309 e. The topological polar surface area (TPSA) is 69.4 Å². The van der Waals surface area contributed by atoms with Gasteiger partial charge in [-0.05, 0) is 11.6 Å². The molecule has 80 valence electrons. The van der Waals surface area contributed by atoms with Gasteiger partial charge in [0.2, 0.25) is 5.82 Å². The molecule has 0 spiro atoms. The zero-order valence-corrected chi connectivity index (χ0v) is 7.90. The lowest BCUT2D eigenvalue weighted by Crippen LogP contribution is -2.05. The van der Waals surface area contributed by atoms with Crippen molar-refractivity contribution in [2.45, 2.75) is 6.42 Å². The molecule has 0 N–H and O–H groups in total. The molecule has 0 atom stereocenters. The number of ether oxygens (including phenoxy) is 1. The molecule has 0 saturated heterocycles. The zero-order valence-electron chi connectivity index (χ0n) is 7.90. The molecule has 1 rings (SSSR count). The summed E-state index contributed by atoms with van der Waals surface area (Å²) < 4.78 is 17.4. The molecule has 15 heavy (non-hydrogen) atoms. The van der Waals surface area contributed by atoms with Crippen molar-refractivity contribution in [3.63, 3.8) is 0 Å². The van der Waals surface area contributed by atoms with E-state index >= 15 is 0 Å². The summed E-state index contributed by atoms with van der Waals surface area (Å²) in [7, 11) is 1.21. The van der Waals surface area contributed by atoms with E-state index in [1.165, 1.54) is 13.2 Å². The van der Waals surface area contributed by atoms with E-state index in [0.717, 1.165) is 12.1 Å².